The van der Waals surface area contributed by atoms with Crippen molar-refractivity contribution in [1.29, 1.82) is 0 Å². The number of nitrogens with one attached hydrogen (secondary N) is 2. The molecule has 0 radical (unpaired) electrons. The van der Waals surface area contributed by atoms with Crippen LogP contribution in [0.3, 0.4) is 0 Å². The summed E-state index contributed by atoms with van der Waals surface area (Å²) in [4.78, 5) is 0.0595. The van der Waals surface area contributed by atoms with Gasteiger partial charge in [0, 0.05) is 17.6 Å². The molecule has 0 amide bonds. The normalized spacial score (nSPS) is 17.8. The van der Waals surface area contributed by atoms with Crippen LogP contribution in [0.2, 0.25) is 0 Å². The second-order valence-electron chi connectivity index (χ2n) is 7.68. The van der Waals surface area contributed by atoms with Crippen LogP contribution < -0.4 is 10.0 Å². The Hall–Kier alpha value is -1.99. The quantitative estimate of drug-likeness (QED) is 0.648. The number of hydrogen-bond acceptors (Lipinski definition) is 3. The summed E-state index contributed by atoms with van der Waals surface area (Å²) in [6.45, 7) is 4.57. The van der Waals surface area contributed by atoms with E-state index in [9.17, 15) is 17.2 Å². The molecule has 3 rings (SSSR count). The number of benzene rings is 2. The number of halogens is 2. The van der Waals surface area contributed by atoms with Crippen molar-refractivity contribution in [3.8, 4) is 0 Å². The maximum absolute atomic E-state index is 12.8. The molecule has 0 aromatic heterocycles. The van der Waals surface area contributed by atoms with E-state index in [4.69, 9.17) is 0 Å². The first kappa shape index (κ1) is 21.7. The van der Waals surface area contributed by atoms with Gasteiger partial charge >= 0.3 is 0 Å². The van der Waals surface area contributed by atoms with Crippen molar-refractivity contribution in [2.24, 2.45) is 0 Å². The highest BCUT2D eigenvalue weighted by Gasteiger charge is 2.21. The van der Waals surface area contributed by atoms with Crippen LogP contribution in [-0.2, 0) is 22.9 Å². The minimum absolute atomic E-state index is 0.0595. The van der Waals surface area contributed by atoms with Gasteiger partial charge in [0.15, 0.2) is 0 Å². The highest BCUT2D eigenvalue weighted by Crippen LogP contribution is 2.27. The Labute approximate surface area is 171 Å². The van der Waals surface area contributed by atoms with E-state index in [0.29, 0.717) is 17.3 Å². The van der Waals surface area contributed by atoms with E-state index in [1.165, 1.54) is 42.3 Å². The summed E-state index contributed by atoms with van der Waals surface area (Å²) in [6, 6.07) is 11.8. The largest absolute Gasteiger partial charge is 0.314 e. The van der Waals surface area contributed by atoms with Crippen LogP contribution in [0, 0.1) is 0 Å². The minimum Gasteiger partial charge on any atom is -0.314 e. The first-order valence-corrected chi connectivity index (χ1v) is 11.5. The van der Waals surface area contributed by atoms with Crippen molar-refractivity contribution >= 4 is 15.7 Å². The van der Waals surface area contributed by atoms with Gasteiger partial charge in [0.1, 0.15) is 0 Å². The van der Waals surface area contributed by atoms with Gasteiger partial charge in [-0.2, -0.15) is 0 Å². The molecular weight excluding hydrogens is 394 g/mol. The molecule has 1 aliphatic rings. The van der Waals surface area contributed by atoms with Crippen LogP contribution >= 0.6 is 0 Å². The molecule has 0 bridgehead atoms. The van der Waals surface area contributed by atoms with Crippen molar-refractivity contribution in [3.63, 3.8) is 0 Å². The van der Waals surface area contributed by atoms with Crippen LogP contribution in [0.15, 0.2) is 47.4 Å². The third-order valence-electron chi connectivity index (χ3n) is 5.46. The zero-order chi connectivity index (χ0) is 21.0. The van der Waals surface area contributed by atoms with Crippen molar-refractivity contribution in [1.82, 2.24) is 5.32 Å². The average molecular weight is 423 g/mol. The van der Waals surface area contributed by atoms with Crippen LogP contribution in [0.1, 0.15) is 49.3 Å². The summed E-state index contributed by atoms with van der Waals surface area (Å²) in [5.41, 5.74) is 3.35. The standard InChI is InChI=1S/C22H28F2N2O2S/c1-3-12-25-19-8-4-18-14-20(9-5-17(18)13-19)26-29(27,28)21-10-6-16(7-11-21)15(2)22(23)24/h5-7,9-11,14-15,19,22,25-26H,3-4,8,12-13H2,1-2H3/t15?,19-/m0/s1. The number of anilines is 1. The van der Waals surface area contributed by atoms with Gasteiger partial charge in [0.25, 0.3) is 10.0 Å². The smallest absolute Gasteiger partial charge is 0.261 e. The monoisotopic (exact) mass is 422 g/mol. The van der Waals surface area contributed by atoms with Gasteiger partial charge in [-0.25, -0.2) is 17.2 Å². The van der Waals surface area contributed by atoms with Gasteiger partial charge in [0.2, 0.25) is 6.43 Å². The lowest BCUT2D eigenvalue weighted by Gasteiger charge is -2.26. The lowest BCUT2D eigenvalue weighted by Crippen LogP contribution is -2.35. The fourth-order valence-corrected chi connectivity index (χ4v) is 4.70. The van der Waals surface area contributed by atoms with Crippen molar-refractivity contribution < 1.29 is 17.2 Å². The molecule has 2 N–H and O–H groups in total. The SMILES string of the molecule is CCCN[C@H]1CCc2cc(NS(=O)(=O)c3ccc(C(C)C(F)F)cc3)ccc2C1. The van der Waals surface area contributed by atoms with Crippen LogP contribution in [0.4, 0.5) is 14.5 Å². The highest BCUT2D eigenvalue weighted by molar-refractivity contribution is 7.92. The topological polar surface area (TPSA) is 58.2 Å². The van der Waals surface area contributed by atoms with E-state index in [2.05, 4.69) is 17.0 Å². The minimum atomic E-state index is -3.78. The Kier molecular flexibility index (Phi) is 6.90. The molecule has 4 nitrogen and oxygen atoms in total. The first-order chi connectivity index (χ1) is 13.8. The Morgan fingerprint density at radius 2 is 1.83 bits per heavy atom. The predicted molar refractivity (Wildman–Crippen MR) is 112 cm³/mol. The Bertz CT molecular complexity index is 930. The molecule has 158 valence electrons. The molecule has 2 aromatic rings. The zero-order valence-electron chi connectivity index (χ0n) is 16.8. The summed E-state index contributed by atoms with van der Waals surface area (Å²) < 4.78 is 53.6. The molecule has 0 spiro atoms. The first-order valence-electron chi connectivity index (χ1n) is 10.1. The average Bonchev–Trinajstić information content (AvgIpc) is 2.71. The lowest BCUT2D eigenvalue weighted by molar-refractivity contribution is 0.121. The fraction of sp³-hybridized carbons (Fsp3) is 0.455. The molecule has 7 heteroatoms. The maximum Gasteiger partial charge on any atom is 0.261 e. The molecular formula is C22H28F2N2O2S. The molecule has 1 unspecified atom stereocenters. The molecule has 0 aliphatic heterocycles. The number of aryl methyl sites for hydroxylation is 1. The second-order valence-corrected chi connectivity index (χ2v) is 9.36. The molecule has 1 aliphatic carbocycles. The molecule has 0 saturated carbocycles. The third-order valence-corrected chi connectivity index (χ3v) is 6.86. The summed E-state index contributed by atoms with van der Waals surface area (Å²) >= 11 is 0. The summed E-state index contributed by atoms with van der Waals surface area (Å²) in [6.07, 6.45) is 1.51. The van der Waals surface area contributed by atoms with Crippen molar-refractivity contribution in [2.45, 2.75) is 62.8 Å². The highest BCUT2D eigenvalue weighted by atomic mass is 32.2. The lowest BCUT2D eigenvalue weighted by atomic mass is 9.88. The molecule has 29 heavy (non-hydrogen) atoms. The van der Waals surface area contributed by atoms with E-state index >= 15 is 0 Å². The number of hydrogen-bond donors (Lipinski definition) is 2. The summed E-state index contributed by atoms with van der Waals surface area (Å²) in [5.74, 6) is -0.934. The van der Waals surface area contributed by atoms with E-state index in [-0.39, 0.29) is 4.90 Å². The molecule has 0 saturated heterocycles. The zero-order valence-corrected chi connectivity index (χ0v) is 17.6. The molecule has 0 fully saturated rings. The molecule has 2 aromatic carbocycles. The van der Waals surface area contributed by atoms with Crippen molar-refractivity contribution in [2.75, 3.05) is 11.3 Å². The van der Waals surface area contributed by atoms with Crippen LogP contribution in [-0.4, -0.2) is 27.4 Å². The van der Waals surface area contributed by atoms with Gasteiger partial charge < -0.3 is 5.32 Å². The van der Waals surface area contributed by atoms with E-state index in [1.807, 2.05) is 12.1 Å². The number of sulfonamides is 1. The number of rotatable bonds is 8. The number of fused-ring (bicyclic) bond motifs is 1. The predicted octanol–water partition coefficient (Wildman–Crippen LogP) is 4.71. The number of alkyl halides is 2. The third kappa shape index (κ3) is 5.34. The Morgan fingerprint density at radius 1 is 1.10 bits per heavy atom. The van der Waals surface area contributed by atoms with Crippen molar-refractivity contribution in [3.05, 3.63) is 59.2 Å². The fourth-order valence-electron chi connectivity index (χ4n) is 3.65. The van der Waals surface area contributed by atoms with Crippen LogP contribution in [0.5, 0.6) is 0 Å². The Morgan fingerprint density at radius 3 is 2.48 bits per heavy atom. The Balaban J connectivity index is 1.71. The molecule has 0 heterocycles. The van der Waals surface area contributed by atoms with Crippen LogP contribution in [0.25, 0.3) is 0 Å². The van der Waals surface area contributed by atoms with Gasteiger partial charge in [-0.15, -0.1) is 0 Å². The molecule has 2 atom stereocenters. The van der Waals surface area contributed by atoms with Gasteiger partial charge in [0.05, 0.1) is 4.90 Å². The van der Waals surface area contributed by atoms with E-state index in [1.54, 1.807) is 6.07 Å². The van der Waals surface area contributed by atoms with E-state index < -0.39 is 22.4 Å². The summed E-state index contributed by atoms with van der Waals surface area (Å²) in [7, 11) is -3.78. The summed E-state index contributed by atoms with van der Waals surface area (Å²) in [5, 5.41) is 3.55. The van der Waals surface area contributed by atoms with Gasteiger partial charge in [-0.05, 0) is 73.2 Å². The van der Waals surface area contributed by atoms with Gasteiger partial charge in [-0.1, -0.05) is 32.0 Å². The second kappa shape index (κ2) is 9.22. The van der Waals surface area contributed by atoms with Gasteiger partial charge in [-0.3, -0.25) is 4.72 Å². The van der Waals surface area contributed by atoms with E-state index in [0.717, 1.165) is 32.2 Å². The maximum atomic E-state index is 12.8.